The summed E-state index contributed by atoms with van der Waals surface area (Å²) in [5.74, 6) is 1.68. The SMILES string of the molecule is COC[C@@H](C)n1c(SCc2ccc(C(=O)NCc3ccc(F)cc3)cc2)nnc1-c1cccc(OC)c1. The first-order chi connectivity index (χ1) is 18.0. The minimum Gasteiger partial charge on any atom is -0.497 e. The van der Waals surface area contributed by atoms with Gasteiger partial charge >= 0.3 is 0 Å². The number of carbonyl (C=O) groups excluding carboxylic acids is 1. The lowest BCUT2D eigenvalue weighted by molar-refractivity contribution is 0.0951. The minimum absolute atomic E-state index is 0.0240. The van der Waals surface area contributed by atoms with Crippen LogP contribution in [-0.4, -0.2) is 41.5 Å². The highest BCUT2D eigenvalue weighted by molar-refractivity contribution is 7.98. The van der Waals surface area contributed by atoms with Gasteiger partial charge in [-0.1, -0.05) is 48.2 Å². The first-order valence-corrected chi connectivity index (χ1v) is 12.8. The zero-order valence-electron chi connectivity index (χ0n) is 21.0. The fourth-order valence-electron chi connectivity index (χ4n) is 3.83. The molecule has 192 valence electrons. The number of hydrogen-bond donors (Lipinski definition) is 1. The van der Waals surface area contributed by atoms with Crippen molar-refractivity contribution in [1.82, 2.24) is 20.1 Å². The van der Waals surface area contributed by atoms with Gasteiger partial charge < -0.3 is 14.8 Å². The molecular weight excluding hydrogens is 491 g/mol. The number of rotatable bonds is 11. The van der Waals surface area contributed by atoms with Crippen LogP contribution in [0.15, 0.2) is 78.0 Å². The lowest BCUT2D eigenvalue weighted by atomic mass is 10.1. The van der Waals surface area contributed by atoms with Gasteiger partial charge in [-0.25, -0.2) is 4.39 Å². The summed E-state index contributed by atoms with van der Waals surface area (Å²) in [6, 6.07) is 21.3. The average Bonchev–Trinajstić information content (AvgIpc) is 3.36. The Kier molecular flexibility index (Phi) is 8.92. The highest BCUT2D eigenvalue weighted by atomic mass is 32.2. The number of hydrogen-bond acceptors (Lipinski definition) is 6. The summed E-state index contributed by atoms with van der Waals surface area (Å²) in [5, 5.41) is 12.6. The van der Waals surface area contributed by atoms with E-state index in [9.17, 15) is 9.18 Å². The molecular formula is C28H29FN4O3S. The zero-order valence-corrected chi connectivity index (χ0v) is 21.8. The largest absolute Gasteiger partial charge is 0.497 e. The van der Waals surface area contributed by atoms with Crippen molar-refractivity contribution < 1.29 is 18.7 Å². The van der Waals surface area contributed by atoms with E-state index in [-0.39, 0.29) is 17.8 Å². The molecule has 37 heavy (non-hydrogen) atoms. The third-order valence-electron chi connectivity index (χ3n) is 5.79. The van der Waals surface area contributed by atoms with E-state index >= 15 is 0 Å². The molecule has 9 heteroatoms. The van der Waals surface area contributed by atoms with Crippen molar-refractivity contribution in [3.63, 3.8) is 0 Å². The van der Waals surface area contributed by atoms with Crippen LogP contribution in [0.3, 0.4) is 0 Å². The monoisotopic (exact) mass is 520 g/mol. The Morgan fingerprint density at radius 1 is 1.03 bits per heavy atom. The Morgan fingerprint density at radius 3 is 2.46 bits per heavy atom. The van der Waals surface area contributed by atoms with Crippen molar-refractivity contribution in [2.45, 2.75) is 30.4 Å². The van der Waals surface area contributed by atoms with E-state index < -0.39 is 0 Å². The zero-order chi connectivity index (χ0) is 26.2. The number of carbonyl (C=O) groups is 1. The van der Waals surface area contributed by atoms with Crippen molar-refractivity contribution in [3.8, 4) is 17.1 Å². The van der Waals surface area contributed by atoms with Crippen LogP contribution in [0.4, 0.5) is 4.39 Å². The van der Waals surface area contributed by atoms with E-state index in [0.717, 1.165) is 33.4 Å². The normalized spacial score (nSPS) is 11.8. The number of aromatic nitrogens is 3. The molecule has 0 unspecified atom stereocenters. The average molecular weight is 521 g/mol. The summed E-state index contributed by atoms with van der Waals surface area (Å²) in [7, 11) is 3.31. The fourth-order valence-corrected chi connectivity index (χ4v) is 4.83. The summed E-state index contributed by atoms with van der Waals surface area (Å²) in [5.41, 5.74) is 3.37. The molecule has 1 N–H and O–H groups in total. The standard InChI is InChI=1S/C28H29FN4O3S/c1-19(17-35-2)33-26(23-5-4-6-25(15-23)36-3)31-32-28(33)37-18-21-7-11-22(12-8-21)27(34)30-16-20-9-13-24(29)14-10-20/h4-15,19H,16-18H2,1-3H3,(H,30,34)/t19-/m1/s1. The lowest BCUT2D eigenvalue weighted by Crippen LogP contribution is -2.22. The van der Waals surface area contributed by atoms with Crippen LogP contribution < -0.4 is 10.1 Å². The predicted octanol–water partition coefficient (Wildman–Crippen LogP) is 5.52. The molecule has 1 atom stereocenters. The highest BCUT2D eigenvalue weighted by Crippen LogP contribution is 2.31. The molecule has 0 saturated heterocycles. The summed E-state index contributed by atoms with van der Waals surface area (Å²) < 4.78 is 25.9. The quantitative estimate of drug-likeness (QED) is 0.262. The second-order valence-corrected chi connectivity index (χ2v) is 9.45. The number of halogens is 1. The molecule has 0 radical (unpaired) electrons. The molecule has 0 bridgehead atoms. The second-order valence-electron chi connectivity index (χ2n) is 8.51. The van der Waals surface area contributed by atoms with Crippen LogP contribution in [0.25, 0.3) is 11.4 Å². The smallest absolute Gasteiger partial charge is 0.251 e. The van der Waals surface area contributed by atoms with Crippen LogP contribution >= 0.6 is 11.8 Å². The molecule has 3 aromatic carbocycles. The Balaban J connectivity index is 1.43. The van der Waals surface area contributed by atoms with Gasteiger partial charge in [-0.05, 0) is 54.4 Å². The molecule has 4 aromatic rings. The summed E-state index contributed by atoms with van der Waals surface area (Å²) in [6.45, 7) is 2.92. The van der Waals surface area contributed by atoms with Crippen LogP contribution in [0, 0.1) is 5.82 Å². The topological polar surface area (TPSA) is 78.3 Å². The van der Waals surface area contributed by atoms with Crippen molar-refractivity contribution in [3.05, 3.63) is 95.3 Å². The van der Waals surface area contributed by atoms with Crippen LogP contribution in [0.1, 0.15) is 34.5 Å². The number of methoxy groups -OCH3 is 2. The maximum Gasteiger partial charge on any atom is 0.251 e. The van der Waals surface area contributed by atoms with E-state index in [1.165, 1.54) is 12.1 Å². The molecule has 0 aliphatic heterocycles. The molecule has 1 heterocycles. The number of nitrogens with zero attached hydrogens (tertiary/aromatic N) is 3. The van der Waals surface area contributed by atoms with Gasteiger partial charge in [-0.2, -0.15) is 0 Å². The number of amides is 1. The minimum atomic E-state index is -0.300. The van der Waals surface area contributed by atoms with Gasteiger partial charge in [0.05, 0.1) is 19.8 Å². The molecule has 0 aliphatic carbocycles. The van der Waals surface area contributed by atoms with E-state index in [2.05, 4.69) is 27.0 Å². The number of benzene rings is 3. The maximum absolute atomic E-state index is 13.1. The number of thioether (sulfide) groups is 1. The van der Waals surface area contributed by atoms with Crippen molar-refractivity contribution in [1.29, 1.82) is 0 Å². The predicted molar refractivity (Wildman–Crippen MR) is 142 cm³/mol. The highest BCUT2D eigenvalue weighted by Gasteiger charge is 2.20. The van der Waals surface area contributed by atoms with Crippen LogP contribution in [-0.2, 0) is 17.0 Å². The van der Waals surface area contributed by atoms with Gasteiger partial charge in [-0.15, -0.1) is 10.2 Å². The molecule has 0 saturated carbocycles. The van der Waals surface area contributed by atoms with Gasteiger partial charge in [0.25, 0.3) is 5.91 Å². The molecule has 1 amide bonds. The Bertz CT molecular complexity index is 1330. The summed E-state index contributed by atoms with van der Waals surface area (Å²) in [6.07, 6.45) is 0. The third kappa shape index (κ3) is 6.75. The Labute approximate surface area is 220 Å². The van der Waals surface area contributed by atoms with Gasteiger partial charge in [0.15, 0.2) is 11.0 Å². The summed E-state index contributed by atoms with van der Waals surface area (Å²) >= 11 is 1.57. The number of nitrogens with one attached hydrogen (secondary N) is 1. The second kappa shape index (κ2) is 12.5. The van der Waals surface area contributed by atoms with Gasteiger partial charge in [0, 0.05) is 30.5 Å². The van der Waals surface area contributed by atoms with Gasteiger partial charge in [0.1, 0.15) is 11.6 Å². The first-order valence-electron chi connectivity index (χ1n) is 11.8. The van der Waals surface area contributed by atoms with Gasteiger partial charge in [-0.3, -0.25) is 9.36 Å². The van der Waals surface area contributed by atoms with E-state index in [1.54, 1.807) is 50.2 Å². The molecule has 4 rings (SSSR count). The Hall–Kier alpha value is -3.69. The summed E-state index contributed by atoms with van der Waals surface area (Å²) in [4.78, 5) is 12.5. The molecule has 0 spiro atoms. The van der Waals surface area contributed by atoms with Crippen LogP contribution in [0.5, 0.6) is 5.75 Å². The fraction of sp³-hybridized carbons (Fsp3) is 0.250. The van der Waals surface area contributed by atoms with E-state index in [0.29, 0.717) is 24.5 Å². The van der Waals surface area contributed by atoms with Crippen LogP contribution in [0.2, 0.25) is 0 Å². The lowest BCUT2D eigenvalue weighted by Gasteiger charge is -2.17. The molecule has 0 fully saturated rings. The first kappa shape index (κ1) is 26.4. The molecule has 1 aromatic heterocycles. The van der Waals surface area contributed by atoms with Crippen molar-refractivity contribution in [2.75, 3.05) is 20.8 Å². The Morgan fingerprint density at radius 2 is 1.76 bits per heavy atom. The van der Waals surface area contributed by atoms with Gasteiger partial charge in [0.2, 0.25) is 0 Å². The van der Waals surface area contributed by atoms with Crippen molar-refractivity contribution >= 4 is 17.7 Å². The number of ether oxygens (including phenoxy) is 2. The van der Waals surface area contributed by atoms with E-state index in [4.69, 9.17) is 9.47 Å². The third-order valence-corrected chi connectivity index (χ3v) is 6.81. The van der Waals surface area contributed by atoms with E-state index in [1.807, 2.05) is 36.4 Å². The molecule has 7 nitrogen and oxygen atoms in total. The maximum atomic E-state index is 13.1. The molecule has 0 aliphatic rings. The van der Waals surface area contributed by atoms with Crippen molar-refractivity contribution in [2.24, 2.45) is 0 Å².